The Hall–Kier alpha value is -1.12. The average molecular weight is 220 g/mol. The van der Waals surface area contributed by atoms with Gasteiger partial charge in [-0.1, -0.05) is 36.4 Å². The van der Waals surface area contributed by atoms with E-state index >= 15 is 0 Å². The van der Waals surface area contributed by atoms with E-state index in [-0.39, 0.29) is 6.10 Å². The van der Waals surface area contributed by atoms with Crippen molar-refractivity contribution in [3.63, 3.8) is 0 Å². The van der Waals surface area contributed by atoms with Gasteiger partial charge in [0.1, 0.15) is 0 Å². The topological polar surface area (TPSA) is 18.5 Å². The average Bonchev–Trinajstić information content (AvgIpc) is 2.35. The molecule has 0 radical (unpaired) electrons. The Balaban J connectivity index is 2.20. The predicted molar refractivity (Wildman–Crippen MR) is 66.3 cm³/mol. The molecule has 2 heteroatoms. The molecule has 0 spiro atoms. The van der Waals surface area contributed by atoms with Gasteiger partial charge in [0.05, 0.1) is 19.3 Å². The molecule has 0 fully saturated rings. The Kier molecular flexibility index (Phi) is 6.54. The van der Waals surface area contributed by atoms with Gasteiger partial charge in [-0.25, -0.2) is 0 Å². The van der Waals surface area contributed by atoms with Crippen molar-refractivity contribution in [2.45, 2.75) is 25.6 Å². The highest BCUT2D eigenvalue weighted by Gasteiger charge is 2.05. The molecule has 0 aromatic heterocycles. The maximum absolute atomic E-state index is 5.61. The molecule has 88 valence electrons. The molecule has 1 aromatic carbocycles. The summed E-state index contributed by atoms with van der Waals surface area (Å²) in [6.07, 6.45) is 4.01. The fourth-order valence-corrected chi connectivity index (χ4v) is 1.46. The third kappa shape index (κ3) is 5.10. The van der Waals surface area contributed by atoms with Crippen LogP contribution in [-0.4, -0.2) is 19.8 Å². The van der Waals surface area contributed by atoms with Crippen LogP contribution in [0.15, 0.2) is 43.0 Å². The van der Waals surface area contributed by atoms with Crippen molar-refractivity contribution in [2.24, 2.45) is 0 Å². The molecule has 16 heavy (non-hydrogen) atoms. The molecular formula is C14H20O2. The predicted octanol–water partition coefficient (Wildman–Crippen LogP) is 3.18. The van der Waals surface area contributed by atoms with Gasteiger partial charge in [0.25, 0.3) is 0 Å². The maximum atomic E-state index is 5.61. The summed E-state index contributed by atoms with van der Waals surface area (Å²) in [4.78, 5) is 0. The Labute approximate surface area is 97.9 Å². The van der Waals surface area contributed by atoms with Gasteiger partial charge in [-0.15, -0.1) is 6.58 Å². The van der Waals surface area contributed by atoms with Gasteiger partial charge in [0.15, 0.2) is 0 Å². The highest BCUT2D eigenvalue weighted by Crippen LogP contribution is 2.05. The molecule has 1 rings (SSSR count). The van der Waals surface area contributed by atoms with Gasteiger partial charge in [-0.3, -0.25) is 0 Å². The first kappa shape index (κ1) is 12.9. The fourth-order valence-electron chi connectivity index (χ4n) is 1.46. The van der Waals surface area contributed by atoms with Crippen LogP contribution in [0.3, 0.4) is 0 Å². The second-order valence-corrected chi connectivity index (χ2v) is 3.72. The van der Waals surface area contributed by atoms with Crippen LogP contribution < -0.4 is 0 Å². The van der Waals surface area contributed by atoms with Crippen LogP contribution in [-0.2, 0) is 16.1 Å². The van der Waals surface area contributed by atoms with Crippen LogP contribution in [0.5, 0.6) is 0 Å². The Morgan fingerprint density at radius 1 is 1.31 bits per heavy atom. The summed E-state index contributed by atoms with van der Waals surface area (Å²) >= 11 is 0. The molecule has 1 aromatic rings. The Morgan fingerprint density at radius 3 is 2.69 bits per heavy atom. The molecule has 0 saturated carbocycles. The van der Waals surface area contributed by atoms with Gasteiger partial charge in [0, 0.05) is 7.11 Å². The number of benzene rings is 1. The highest BCUT2D eigenvalue weighted by atomic mass is 16.5. The Bertz CT molecular complexity index is 282. The zero-order valence-electron chi connectivity index (χ0n) is 9.89. The summed E-state index contributed by atoms with van der Waals surface area (Å²) in [7, 11) is 1.72. The fraction of sp³-hybridized carbons (Fsp3) is 0.429. The van der Waals surface area contributed by atoms with Gasteiger partial charge in [-0.05, 0) is 18.4 Å². The van der Waals surface area contributed by atoms with Crippen LogP contribution in [0.2, 0.25) is 0 Å². The standard InChI is InChI=1S/C14H20O2/c1-3-4-10-14(15-2)12-16-11-13-8-6-5-7-9-13/h3,5-9,14H,1,4,10-12H2,2H3/t14-/m1/s1. The van der Waals surface area contributed by atoms with Crippen molar-refractivity contribution in [2.75, 3.05) is 13.7 Å². The molecule has 0 aliphatic rings. The monoisotopic (exact) mass is 220 g/mol. The summed E-state index contributed by atoms with van der Waals surface area (Å²) in [6, 6.07) is 10.2. The van der Waals surface area contributed by atoms with E-state index in [4.69, 9.17) is 9.47 Å². The number of hydrogen-bond acceptors (Lipinski definition) is 2. The largest absolute Gasteiger partial charge is 0.379 e. The summed E-state index contributed by atoms with van der Waals surface area (Å²) in [5.74, 6) is 0. The van der Waals surface area contributed by atoms with Gasteiger partial charge < -0.3 is 9.47 Å². The second-order valence-electron chi connectivity index (χ2n) is 3.72. The van der Waals surface area contributed by atoms with Crippen LogP contribution in [0.1, 0.15) is 18.4 Å². The molecule has 0 aliphatic carbocycles. The number of methoxy groups -OCH3 is 1. The summed E-state index contributed by atoms with van der Waals surface area (Å²) in [6.45, 7) is 4.98. The van der Waals surface area contributed by atoms with Crippen LogP contribution in [0, 0.1) is 0 Å². The summed E-state index contributed by atoms with van der Waals surface area (Å²) in [5, 5.41) is 0. The van der Waals surface area contributed by atoms with E-state index in [9.17, 15) is 0 Å². The van der Waals surface area contributed by atoms with Gasteiger partial charge >= 0.3 is 0 Å². The Morgan fingerprint density at radius 2 is 2.06 bits per heavy atom. The van der Waals surface area contributed by atoms with Crippen molar-refractivity contribution in [3.8, 4) is 0 Å². The van der Waals surface area contributed by atoms with E-state index in [1.54, 1.807) is 7.11 Å². The maximum Gasteiger partial charge on any atom is 0.0807 e. The lowest BCUT2D eigenvalue weighted by Gasteiger charge is -2.14. The van der Waals surface area contributed by atoms with Crippen LogP contribution >= 0.6 is 0 Å². The molecule has 0 saturated heterocycles. The molecular weight excluding hydrogens is 200 g/mol. The zero-order valence-corrected chi connectivity index (χ0v) is 9.89. The second kappa shape index (κ2) is 8.08. The number of rotatable bonds is 8. The SMILES string of the molecule is C=CCC[C@H](COCc1ccccc1)OC. The van der Waals surface area contributed by atoms with Crippen LogP contribution in [0.25, 0.3) is 0 Å². The molecule has 2 nitrogen and oxygen atoms in total. The minimum Gasteiger partial charge on any atom is -0.379 e. The van der Waals surface area contributed by atoms with E-state index in [0.29, 0.717) is 13.2 Å². The van der Waals surface area contributed by atoms with Crippen molar-refractivity contribution in [1.29, 1.82) is 0 Å². The molecule has 1 atom stereocenters. The third-order valence-corrected chi connectivity index (χ3v) is 2.44. The lowest BCUT2D eigenvalue weighted by atomic mass is 10.2. The molecule has 0 N–H and O–H groups in total. The quantitative estimate of drug-likeness (QED) is 0.626. The number of hydrogen-bond donors (Lipinski definition) is 0. The summed E-state index contributed by atoms with van der Waals surface area (Å²) in [5.41, 5.74) is 1.20. The normalized spacial score (nSPS) is 12.3. The minimum absolute atomic E-state index is 0.168. The van der Waals surface area contributed by atoms with Crippen molar-refractivity contribution in [3.05, 3.63) is 48.6 Å². The molecule has 0 unspecified atom stereocenters. The minimum atomic E-state index is 0.168. The first-order valence-corrected chi connectivity index (χ1v) is 5.62. The van der Waals surface area contributed by atoms with E-state index in [1.807, 2.05) is 24.3 Å². The molecule has 0 aliphatic heterocycles. The van der Waals surface area contributed by atoms with Crippen molar-refractivity contribution >= 4 is 0 Å². The van der Waals surface area contributed by atoms with E-state index in [2.05, 4.69) is 18.7 Å². The third-order valence-electron chi connectivity index (χ3n) is 2.44. The molecule has 0 heterocycles. The highest BCUT2D eigenvalue weighted by molar-refractivity contribution is 5.13. The van der Waals surface area contributed by atoms with E-state index < -0.39 is 0 Å². The van der Waals surface area contributed by atoms with Crippen LogP contribution in [0.4, 0.5) is 0 Å². The number of ether oxygens (including phenoxy) is 2. The van der Waals surface area contributed by atoms with Crippen molar-refractivity contribution in [1.82, 2.24) is 0 Å². The zero-order chi connectivity index (χ0) is 11.6. The molecule has 0 amide bonds. The van der Waals surface area contributed by atoms with Gasteiger partial charge in [-0.2, -0.15) is 0 Å². The first-order chi connectivity index (χ1) is 7.86. The lowest BCUT2D eigenvalue weighted by molar-refractivity contribution is -0.00134. The van der Waals surface area contributed by atoms with Gasteiger partial charge in [0.2, 0.25) is 0 Å². The van der Waals surface area contributed by atoms with E-state index in [1.165, 1.54) is 5.56 Å². The first-order valence-electron chi connectivity index (χ1n) is 5.62. The van der Waals surface area contributed by atoms with E-state index in [0.717, 1.165) is 12.8 Å². The molecule has 0 bridgehead atoms. The summed E-state index contributed by atoms with van der Waals surface area (Å²) < 4.78 is 10.9. The van der Waals surface area contributed by atoms with Crippen molar-refractivity contribution < 1.29 is 9.47 Å². The lowest BCUT2D eigenvalue weighted by Crippen LogP contribution is -2.17. The number of allylic oxidation sites excluding steroid dienone is 1. The smallest absolute Gasteiger partial charge is 0.0807 e.